The van der Waals surface area contributed by atoms with Gasteiger partial charge in [0.2, 0.25) is 5.91 Å². The molecule has 3 aromatic rings. The van der Waals surface area contributed by atoms with Crippen molar-refractivity contribution in [2.45, 2.75) is 0 Å². The second kappa shape index (κ2) is 6.76. The Balaban J connectivity index is 1.33. The fourth-order valence-electron chi connectivity index (χ4n) is 3.02. The molecule has 1 aromatic carbocycles. The van der Waals surface area contributed by atoms with Gasteiger partial charge in [-0.1, -0.05) is 18.2 Å². The number of carbonyl (C=O) groups is 1. The SMILES string of the molecule is O=C(CNc1ncnc2nc[nH]c12)N1CCN(c2ccccc2)CC1. The molecule has 1 saturated heterocycles. The maximum absolute atomic E-state index is 12.5. The quantitative estimate of drug-likeness (QED) is 0.741. The van der Waals surface area contributed by atoms with Crippen LogP contribution in [0.1, 0.15) is 0 Å². The van der Waals surface area contributed by atoms with Crippen molar-refractivity contribution in [3.05, 3.63) is 43.0 Å². The van der Waals surface area contributed by atoms with Crippen molar-refractivity contribution in [1.82, 2.24) is 24.8 Å². The second-order valence-corrected chi connectivity index (χ2v) is 5.88. The molecule has 0 atom stereocenters. The lowest BCUT2D eigenvalue weighted by Gasteiger charge is -2.36. The average Bonchev–Trinajstić information content (AvgIpc) is 3.16. The van der Waals surface area contributed by atoms with Crippen molar-refractivity contribution in [3.63, 3.8) is 0 Å². The number of nitrogens with one attached hydrogen (secondary N) is 2. The van der Waals surface area contributed by atoms with Crippen LogP contribution in [0, 0.1) is 0 Å². The summed E-state index contributed by atoms with van der Waals surface area (Å²) in [4.78, 5) is 32.0. The molecule has 0 radical (unpaired) electrons. The number of benzene rings is 1. The van der Waals surface area contributed by atoms with Crippen LogP contribution in [-0.2, 0) is 4.79 Å². The van der Waals surface area contributed by atoms with Gasteiger partial charge in [-0.2, -0.15) is 0 Å². The molecule has 2 aromatic heterocycles. The van der Waals surface area contributed by atoms with E-state index in [2.05, 4.69) is 42.3 Å². The number of aromatic nitrogens is 4. The molecule has 1 amide bonds. The summed E-state index contributed by atoms with van der Waals surface area (Å²) in [7, 11) is 0. The molecule has 3 heterocycles. The van der Waals surface area contributed by atoms with Gasteiger partial charge in [0.15, 0.2) is 11.5 Å². The lowest BCUT2D eigenvalue weighted by Crippen LogP contribution is -2.50. The van der Waals surface area contributed by atoms with Gasteiger partial charge >= 0.3 is 0 Å². The van der Waals surface area contributed by atoms with Crippen LogP contribution in [0.15, 0.2) is 43.0 Å². The number of H-pyrrole nitrogens is 1. The van der Waals surface area contributed by atoms with Gasteiger partial charge in [-0.3, -0.25) is 4.79 Å². The number of imidazole rings is 1. The maximum Gasteiger partial charge on any atom is 0.242 e. The topological polar surface area (TPSA) is 90.0 Å². The summed E-state index contributed by atoms with van der Waals surface area (Å²) in [6.07, 6.45) is 3.00. The third kappa shape index (κ3) is 3.23. The van der Waals surface area contributed by atoms with E-state index in [0.29, 0.717) is 17.0 Å². The fraction of sp³-hybridized carbons (Fsp3) is 0.294. The second-order valence-electron chi connectivity index (χ2n) is 5.88. The van der Waals surface area contributed by atoms with E-state index in [1.807, 2.05) is 23.1 Å². The number of hydrogen-bond acceptors (Lipinski definition) is 6. The molecule has 0 saturated carbocycles. The highest BCUT2D eigenvalue weighted by Gasteiger charge is 2.21. The molecule has 1 fully saturated rings. The lowest BCUT2D eigenvalue weighted by atomic mass is 10.2. The molecule has 1 aliphatic rings. The number of fused-ring (bicyclic) bond motifs is 1. The molecule has 4 rings (SSSR count). The van der Waals surface area contributed by atoms with Crippen LogP contribution in [-0.4, -0.2) is 63.5 Å². The van der Waals surface area contributed by atoms with Crippen LogP contribution < -0.4 is 10.2 Å². The largest absolute Gasteiger partial charge is 0.368 e. The Morgan fingerprint density at radius 1 is 1.08 bits per heavy atom. The van der Waals surface area contributed by atoms with E-state index in [1.165, 1.54) is 12.0 Å². The van der Waals surface area contributed by atoms with E-state index in [4.69, 9.17) is 0 Å². The number of aromatic amines is 1. The molecule has 2 N–H and O–H groups in total. The first kappa shape index (κ1) is 15.4. The zero-order valence-electron chi connectivity index (χ0n) is 13.7. The third-order valence-electron chi connectivity index (χ3n) is 4.38. The zero-order valence-corrected chi connectivity index (χ0v) is 13.7. The molecule has 0 aliphatic carbocycles. The van der Waals surface area contributed by atoms with E-state index >= 15 is 0 Å². The molecule has 25 heavy (non-hydrogen) atoms. The summed E-state index contributed by atoms with van der Waals surface area (Å²) in [5.74, 6) is 0.665. The Bertz CT molecular complexity index is 856. The highest BCUT2D eigenvalue weighted by Crippen LogP contribution is 2.16. The third-order valence-corrected chi connectivity index (χ3v) is 4.38. The van der Waals surface area contributed by atoms with Gasteiger partial charge in [0.1, 0.15) is 11.8 Å². The van der Waals surface area contributed by atoms with Crippen LogP contribution >= 0.6 is 0 Å². The normalized spacial score (nSPS) is 14.7. The predicted octanol–water partition coefficient (Wildman–Crippen LogP) is 1.11. The zero-order chi connectivity index (χ0) is 17.1. The standard InChI is InChI=1S/C17H19N7O/c25-14(10-18-16-15-17(20-11-19-15)22-12-21-16)24-8-6-23(7-9-24)13-4-2-1-3-5-13/h1-5,11-12H,6-10H2,(H2,18,19,20,21,22). The molecule has 8 heteroatoms. The van der Waals surface area contributed by atoms with E-state index in [0.717, 1.165) is 26.2 Å². The first-order chi connectivity index (χ1) is 12.3. The van der Waals surface area contributed by atoms with Crippen molar-refractivity contribution in [3.8, 4) is 0 Å². The molecule has 1 aliphatic heterocycles. The predicted molar refractivity (Wildman–Crippen MR) is 95.4 cm³/mol. The Labute approximate surface area is 144 Å². The lowest BCUT2D eigenvalue weighted by molar-refractivity contribution is -0.129. The summed E-state index contributed by atoms with van der Waals surface area (Å²) in [6, 6.07) is 10.3. The van der Waals surface area contributed by atoms with Crippen LogP contribution in [0.25, 0.3) is 11.2 Å². The van der Waals surface area contributed by atoms with E-state index in [1.54, 1.807) is 6.33 Å². The number of piperazine rings is 1. The fourth-order valence-corrected chi connectivity index (χ4v) is 3.02. The number of hydrogen-bond donors (Lipinski definition) is 2. The van der Waals surface area contributed by atoms with Gasteiger partial charge in [0, 0.05) is 31.9 Å². The van der Waals surface area contributed by atoms with Gasteiger partial charge < -0.3 is 20.1 Å². The van der Waals surface area contributed by atoms with E-state index < -0.39 is 0 Å². The van der Waals surface area contributed by atoms with Crippen molar-refractivity contribution in [1.29, 1.82) is 0 Å². The van der Waals surface area contributed by atoms with Crippen molar-refractivity contribution in [2.24, 2.45) is 0 Å². The first-order valence-corrected chi connectivity index (χ1v) is 8.27. The Morgan fingerprint density at radius 2 is 1.88 bits per heavy atom. The highest BCUT2D eigenvalue weighted by atomic mass is 16.2. The van der Waals surface area contributed by atoms with Gasteiger partial charge in [-0.25, -0.2) is 15.0 Å². The molecule has 8 nitrogen and oxygen atoms in total. The minimum absolute atomic E-state index is 0.0685. The summed E-state index contributed by atoms with van der Waals surface area (Å²) in [6.45, 7) is 3.33. The summed E-state index contributed by atoms with van der Waals surface area (Å²) >= 11 is 0. The van der Waals surface area contributed by atoms with Crippen LogP contribution in [0.2, 0.25) is 0 Å². The van der Waals surface area contributed by atoms with Crippen molar-refractivity contribution in [2.75, 3.05) is 42.9 Å². The van der Waals surface area contributed by atoms with E-state index in [-0.39, 0.29) is 12.5 Å². The van der Waals surface area contributed by atoms with Gasteiger partial charge in [0.25, 0.3) is 0 Å². The number of amides is 1. The summed E-state index contributed by atoms with van der Waals surface area (Å²) in [5, 5.41) is 3.09. The van der Waals surface area contributed by atoms with Crippen LogP contribution in [0.4, 0.5) is 11.5 Å². The maximum atomic E-state index is 12.5. The number of nitrogens with zero attached hydrogens (tertiary/aromatic N) is 5. The van der Waals surface area contributed by atoms with Gasteiger partial charge in [-0.05, 0) is 12.1 Å². The molecular weight excluding hydrogens is 318 g/mol. The Morgan fingerprint density at radius 3 is 2.68 bits per heavy atom. The highest BCUT2D eigenvalue weighted by molar-refractivity contribution is 5.86. The van der Waals surface area contributed by atoms with Gasteiger partial charge in [-0.15, -0.1) is 0 Å². The Kier molecular flexibility index (Phi) is 4.16. The van der Waals surface area contributed by atoms with Gasteiger partial charge in [0.05, 0.1) is 12.9 Å². The first-order valence-electron chi connectivity index (χ1n) is 8.27. The van der Waals surface area contributed by atoms with Crippen LogP contribution in [0.3, 0.4) is 0 Å². The summed E-state index contributed by atoms with van der Waals surface area (Å²) < 4.78 is 0. The molecule has 0 unspecified atom stereocenters. The average molecular weight is 337 g/mol. The number of anilines is 2. The minimum Gasteiger partial charge on any atom is -0.368 e. The van der Waals surface area contributed by atoms with Crippen molar-refractivity contribution < 1.29 is 4.79 Å². The number of rotatable bonds is 4. The molecule has 0 bridgehead atoms. The monoisotopic (exact) mass is 337 g/mol. The van der Waals surface area contributed by atoms with Crippen LogP contribution in [0.5, 0.6) is 0 Å². The Hall–Kier alpha value is -3.16. The van der Waals surface area contributed by atoms with E-state index in [9.17, 15) is 4.79 Å². The summed E-state index contributed by atoms with van der Waals surface area (Å²) in [5.41, 5.74) is 2.50. The van der Waals surface area contributed by atoms with Crippen molar-refractivity contribution >= 4 is 28.6 Å². The molecular formula is C17H19N7O. The smallest absolute Gasteiger partial charge is 0.242 e. The number of para-hydroxylation sites is 1. The number of carbonyl (C=O) groups excluding carboxylic acids is 1. The molecule has 0 spiro atoms. The molecule has 128 valence electrons. The minimum atomic E-state index is 0.0685.